The van der Waals surface area contributed by atoms with Gasteiger partial charge in [0.15, 0.2) is 0 Å². The van der Waals surface area contributed by atoms with Crippen molar-refractivity contribution < 1.29 is 9.53 Å². The number of alkyl halides is 1. The molecule has 0 aliphatic carbocycles. The van der Waals surface area contributed by atoms with Gasteiger partial charge in [0.2, 0.25) is 0 Å². The van der Waals surface area contributed by atoms with E-state index in [1.807, 2.05) is 39.0 Å². The monoisotopic (exact) mass is 312 g/mol. The third-order valence-electron chi connectivity index (χ3n) is 2.43. The maximum atomic E-state index is 11.7. The molecule has 0 N–H and O–H groups in total. The van der Waals surface area contributed by atoms with Gasteiger partial charge in [0.1, 0.15) is 10.4 Å². The number of halogens is 1. The first kappa shape index (κ1) is 15.2. The molecule has 0 heterocycles. The second-order valence-corrected chi connectivity index (χ2v) is 6.48. The van der Waals surface area contributed by atoms with Gasteiger partial charge in [-0.1, -0.05) is 46.3 Å². The average Bonchev–Trinajstić information content (AvgIpc) is 2.28. The molecule has 0 radical (unpaired) electrons. The van der Waals surface area contributed by atoms with Crippen molar-refractivity contribution in [3.63, 3.8) is 0 Å². The van der Waals surface area contributed by atoms with Crippen LogP contribution in [0.25, 0.3) is 0 Å². The number of rotatable bonds is 5. The van der Waals surface area contributed by atoms with E-state index in [1.54, 1.807) is 0 Å². The fourth-order valence-corrected chi connectivity index (χ4v) is 2.03. The predicted molar refractivity (Wildman–Crippen MR) is 77.9 cm³/mol. The lowest BCUT2D eigenvalue weighted by Gasteiger charge is -2.21. The highest BCUT2D eigenvalue weighted by Crippen LogP contribution is 2.17. The Labute approximate surface area is 118 Å². The molecule has 0 saturated carbocycles. The van der Waals surface area contributed by atoms with Gasteiger partial charge in [0.05, 0.1) is 0 Å². The van der Waals surface area contributed by atoms with Crippen molar-refractivity contribution in [3.8, 4) is 0 Å². The maximum absolute atomic E-state index is 11.7. The first-order valence-electron chi connectivity index (χ1n) is 6.29. The number of esters is 1. The van der Waals surface area contributed by atoms with Crippen molar-refractivity contribution in [2.24, 2.45) is 0 Å². The third-order valence-corrected chi connectivity index (χ3v) is 3.26. The van der Waals surface area contributed by atoms with E-state index in [2.05, 4.69) is 28.1 Å². The van der Waals surface area contributed by atoms with Crippen LogP contribution in [0.4, 0.5) is 0 Å². The molecular weight excluding hydrogens is 292 g/mol. The lowest BCUT2D eigenvalue weighted by atomic mass is 10.1. The Kier molecular flexibility index (Phi) is 5.86. The maximum Gasteiger partial charge on any atom is 0.320 e. The highest BCUT2D eigenvalue weighted by atomic mass is 79.9. The molecule has 0 amide bonds. The van der Waals surface area contributed by atoms with E-state index in [0.29, 0.717) is 0 Å². The molecule has 0 bridgehead atoms. The van der Waals surface area contributed by atoms with Crippen molar-refractivity contribution in [1.29, 1.82) is 0 Å². The summed E-state index contributed by atoms with van der Waals surface area (Å²) in [7, 11) is 0. The van der Waals surface area contributed by atoms with Gasteiger partial charge < -0.3 is 4.74 Å². The smallest absolute Gasteiger partial charge is 0.320 e. The SMILES string of the molecule is CC(C)(C)OC(=O)C(Br)CCCc1ccccc1. The predicted octanol–water partition coefficient (Wildman–Crippen LogP) is 4.11. The molecule has 0 aromatic heterocycles. The van der Waals surface area contributed by atoms with E-state index in [4.69, 9.17) is 4.74 Å². The summed E-state index contributed by atoms with van der Waals surface area (Å²) in [5, 5.41) is 0. The minimum Gasteiger partial charge on any atom is -0.459 e. The second kappa shape index (κ2) is 6.93. The fraction of sp³-hybridized carbons (Fsp3) is 0.533. The molecule has 1 aromatic rings. The van der Waals surface area contributed by atoms with E-state index in [-0.39, 0.29) is 10.8 Å². The van der Waals surface area contributed by atoms with Gasteiger partial charge in [0.25, 0.3) is 0 Å². The van der Waals surface area contributed by atoms with Crippen molar-refractivity contribution in [2.75, 3.05) is 0 Å². The van der Waals surface area contributed by atoms with Gasteiger partial charge in [-0.25, -0.2) is 0 Å². The van der Waals surface area contributed by atoms with E-state index < -0.39 is 5.60 Å². The fourth-order valence-electron chi connectivity index (χ4n) is 1.61. The first-order chi connectivity index (χ1) is 8.38. The van der Waals surface area contributed by atoms with E-state index in [0.717, 1.165) is 19.3 Å². The Morgan fingerprint density at radius 3 is 2.44 bits per heavy atom. The van der Waals surface area contributed by atoms with Crippen LogP contribution >= 0.6 is 15.9 Å². The largest absolute Gasteiger partial charge is 0.459 e. The lowest BCUT2D eigenvalue weighted by molar-refractivity contribution is -0.154. The van der Waals surface area contributed by atoms with E-state index in [1.165, 1.54) is 5.56 Å². The number of hydrogen-bond donors (Lipinski definition) is 0. The number of carbonyl (C=O) groups is 1. The molecule has 1 rings (SSSR count). The van der Waals surface area contributed by atoms with E-state index >= 15 is 0 Å². The van der Waals surface area contributed by atoms with E-state index in [9.17, 15) is 4.79 Å². The topological polar surface area (TPSA) is 26.3 Å². The standard InChI is InChI=1S/C15H21BrO2/c1-15(2,3)18-14(17)13(16)11-7-10-12-8-5-4-6-9-12/h4-6,8-9,13H,7,10-11H2,1-3H3. The molecule has 0 saturated heterocycles. The average molecular weight is 313 g/mol. The molecule has 0 aliphatic rings. The summed E-state index contributed by atoms with van der Waals surface area (Å²) in [5.74, 6) is -0.171. The molecule has 0 fully saturated rings. The summed E-state index contributed by atoms with van der Waals surface area (Å²) in [4.78, 5) is 11.5. The van der Waals surface area contributed by atoms with Gasteiger partial charge in [-0.3, -0.25) is 4.79 Å². The summed E-state index contributed by atoms with van der Waals surface area (Å²) in [6, 6.07) is 10.3. The number of benzene rings is 1. The minimum absolute atomic E-state index is 0.171. The Hall–Kier alpha value is -0.830. The quantitative estimate of drug-likeness (QED) is 0.604. The molecular formula is C15H21BrO2. The van der Waals surface area contributed by atoms with Crippen LogP contribution in [0.2, 0.25) is 0 Å². The molecule has 0 aliphatic heterocycles. The van der Waals surface area contributed by atoms with Crippen molar-refractivity contribution in [2.45, 2.75) is 50.5 Å². The van der Waals surface area contributed by atoms with Gasteiger partial charge in [0, 0.05) is 0 Å². The number of hydrogen-bond acceptors (Lipinski definition) is 2. The summed E-state index contributed by atoms with van der Waals surface area (Å²) in [6.45, 7) is 5.65. The van der Waals surface area contributed by atoms with Crippen LogP contribution in [0.1, 0.15) is 39.2 Å². The zero-order valence-corrected chi connectivity index (χ0v) is 12.9. The van der Waals surface area contributed by atoms with Gasteiger partial charge in [-0.05, 0) is 45.6 Å². The first-order valence-corrected chi connectivity index (χ1v) is 7.21. The Morgan fingerprint density at radius 2 is 1.89 bits per heavy atom. The van der Waals surface area contributed by atoms with Crippen molar-refractivity contribution in [1.82, 2.24) is 0 Å². The summed E-state index contributed by atoms with van der Waals surface area (Å²) in [6.07, 6.45) is 2.76. The number of ether oxygens (including phenoxy) is 1. The van der Waals surface area contributed by atoms with Crippen LogP contribution in [0.5, 0.6) is 0 Å². The zero-order valence-electron chi connectivity index (χ0n) is 11.3. The van der Waals surface area contributed by atoms with Gasteiger partial charge in [-0.2, -0.15) is 0 Å². The molecule has 1 unspecified atom stereocenters. The van der Waals surface area contributed by atoms with Crippen LogP contribution in [-0.4, -0.2) is 16.4 Å². The summed E-state index contributed by atoms with van der Waals surface area (Å²) >= 11 is 3.39. The number of carbonyl (C=O) groups excluding carboxylic acids is 1. The molecule has 1 aromatic carbocycles. The molecule has 100 valence electrons. The minimum atomic E-state index is -0.414. The summed E-state index contributed by atoms with van der Waals surface area (Å²) < 4.78 is 5.32. The van der Waals surface area contributed by atoms with Crippen molar-refractivity contribution in [3.05, 3.63) is 35.9 Å². The van der Waals surface area contributed by atoms with Gasteiger partial charge in [-0.15, -0.1) is 0 Å². The molecule has 18 heavy (non-hydrogen) atoms. The van der Waals surface area contributed by atoms with Crippen LogP contribution in [0, 0.1) is 0 Å². The lowest BCUT2D eigenvalue weighted by Crippen LogP contribution is -2.29. The van der Waals surface area contributed by atoms with Crippen molar-refractivity contribution >= 4 is 21.9 Å². The Balaban J connectivity index is 2.29. The molecule has 3 heteroatoms. The summed E-state index contributed by atoms with van der Waals surface area (Å²) in [5.41, 5.74) is 0.893. The van der Waals surface area contributed by atoms with Crippen LogP contribution in [0.15, 0.2) is 30.3 Å². The van der Waals surface area contributed by atoms with Gasteiger partial charge >= 0.3 is 5.97 Å². The molecule has 2 nitrogen and oxygen atoms in total. The second-order valence-electron chi connectivity index (χ2n) is 5.38. The Bertz CT molecular complexity index is 368. The van der Waals surface area contributed by atoms with Crippen LogP contribution in [-0.2, 0) is 16.0 Å². The number of aryl methyl sites for hydroxylation is 1. The third kappa shape index (κ3) is 6.20. The van der Waals surface area contributed by atoms with Crippen LogP contribution in [0.3, 0.4) is 0 Å². The normalized spacial score (nSPS) is 13.1. The Morgan fingerprint density at radius 1 is 1.28 bits per heavy atom. The molecule has 1 atom stereocenters. The highest BCUT2D eigenvalue weighted by Gasteiger charge is 2.22. The highest BCUT2D eigenvalue weighted by molar-refractivity contribution is 9.10. The molecule has 0 spiro atoms. The zero-order chi connectivity index (χ0) is 13.6. The van der Waals surface area contributed by atoms with Crippen LogP contribution < -0.4 is 0 Å².